The molecule has 0 atom stereocenters. The Morgan fingerprint density at radius 2 is 1.72 bits per heavy atom. The highest BCUT2D eigenvalue weighted by Crippen LogP contribution is 2.35. The first-order chi connectivity index (χ1) is 13.7. The molecule has 2 aromatic heterocycles. The van der Waals surface area contributed by atoms with Crippen LogP contribution in [0.3, 0.4) is 0 Å². The van der Waals surface area contributed by atoms with Crippen LogP contribution in [0.15, 0.2) is 29.6 Å². The van der Waals surface area contributed by atoms with Gasteiger partial charge in [0.2, 0.25) is 5.91 Å². The van der Waals surface area contributed by atoms with Crippen LogP contribution < -0.4 is 15.4 Å². The van der Waals surface area contributed by atoms with Gasteiger partial charge in [0, 0.05) is 16.4 Å². The van der Waals surface area contributed by atoms with Gasteiger partial charge in [-0.05, 0) is 31.2 Å². The molecule has 0 saturated carbocycles. The molecule has 0 aliphatic heterocycles. The molecular weight excluding hydrogens is 408 g/mol. The lowest BCUT2D eigenvalue weighted by Gasteiger charge is -2.15. The predicted octanol–water partition coefficient (Wildman–Crippen LogP) is 4.82. The SMILES string of the molecule is COc1ccc(C(=O)Nc2nc(C)c(-c3csc(NC(=O)C(C)(C)C)n3)s2)cc1. The van der Waals surface area contributed by atoms with Gasteiger partial charge in [0.25, 0.3) is 5.91 Å². The average Bonchev–Trinajstić information content (AvgIpc) is 3.27. The fourth-order valence-corrected chi connectivity index (χ4v) is 4.01. The van der Waals surface area contributed by atoms with Crippen LogP contribution in [-0.2, 0) is 4.79 Å². The molecule has 2 amide bonds. The molecule has 2 heterocycles. The summed E-state index contributed by atoms with van der Waals surface area (Å²) < 4.78 is 5.11. The minimum Gasteiger partial charge on any atom is -0.497 e. The van der Waals surface area contributed by atoms with E-state index in [-0.39, 0.29) is 11.8 Å². The second-order valence-corrected chi connectivity index (χ2v) is 9.22. The van der Waals surface area contributed by atoms with Crippen molar-refractivity contribution in [1.82, 2.24) is 9.97 Å². The number of amides is 2. The van der Waals surface area contributed by atoms with Gasteiger partial charge in [-0.1, -0.05) is 32.1 Å². The highest BCUT2D eigenvalue weighted by molar-refractivity contribution is 7.20. The summed E-state index contributed by atoms with van der Waals surface area (Å²) in [5, 5.41) is 8.55. The number of aryl methyl sites for hydroxylation is 1. The smallest absolute Gasteiger partial charge is 0.257 e. The first-order valence-corrected chi connectivity index (χ1v) is 10.6. The van der Waals surface area contributed by atoms with Gasteiger partial charge in [0.05, 0.1) is 23.4 Å². The maximum atomic E-state index is 12.4. The van der Waals surface area contributed by atoms with Crippen molar-refractivity contribution in [2.45, 2.75) is 27.7 Å². The molecule has 0 aliphatic rings. The Balaban J connectivity index is 1.73. The van der Waals surface area contributed by atoms with Crippen molar-refractivity contribution in [2.24, 2.45) is 5.41 Å². The van der Waals surface area contributed by atoms with E-state index in [9.17, 15) is 9.59 Å². The number of carbonyl (C=O) groups is 2. The molecule has 1 aromatic carbocycles. The molecule has 0 bridgehead atoms. The highest BCUT2D eigenvalue weighted by Gasteiger charge is 2.23. The van der Waals surface area contributed by atoms with Crippen LogP contribution in [0.25, 0.3) is 10.6 Å². The molecule has 0 unspecified atom stereocenters. The summed E-state index contributed by atoms with van der Waals surface area (Å²) in [6, 6.07) is 6.85. The maximum absolute atomic E-state index is 12.4. The quantitative estimate of drug-likeness (QED) is 0.605. The Bertz CT molecular complexity index is 1030. The monoisotopic (exact) mass is 430 g/mol. The number of nitrogens with zero attached hydrogens (tertiary/aromatic N) is 2. The normalized spacial score (nSPS) is 11.2. The number of aromatic nitrogens is 2. The van der Waals surface area contributed by atoms with Gasteiger partial charge in [0.15, 0.2) is 10.3 Å². The molecule has 3 rings (SSSR count). The minimum atomic E-state index is -0.495. The Labute approximate surface area is 177 Å². The minimum absolute atomic E-state index is 0.0909. The van der Waals surface area contributed by atoms with Crippen LogP contribution in [-0.4, -0.2) is 28.9 Å². The summed E-state index contributed by atoms with van der Waals surface area (Å²) in [6.45, 7) is 7.41. The van der Waals surface area contributed by atoms with Crippen molar-refractivity contribution in [2.75, 3.05) is 17.7 Å². The van der Waals surface area contributed by atoms with Crippen molar-refractivity contribution in [3.05, 3.63) is 40.9 Å². The largest absolute Gasteiger partial charge is 0.497 e. The van der Waals surface area contributed by atoms with Crippen LogP contribution >= 0.6 is 22.7 Å². The van der Waals surface area contributed by atoms with E-state index in [0.29, 0.717) is 21.6 Å². The third-order valence-corrected chi connectivity index (χ3v) is 5.86. The predicted molar refractivity (Wildman–Crippen MR) is 117 cm³/mol. The number of methoxy groups -OCH3 is 1. The summed E-state index contributed by atoms with van der Waals surface area (Å²) in [4.78, 5) is 34.4. The lowest BCUT2D eigenvalue weighted by molar-refractivity contribution is -0.123. The van der Waals surface area contributed by atoms with E-state index in [0.717, 1.165) is 16.3 Å². The fraction of sp³-hybridized carbons (Fsp3) is 0.300. The third-order valence-electron chi connectivity index (χ3n) is 4.01. The van der Waals surface area contributed by atoms with E-state index in [1.54, 1.807) is 31.4 Å². The van der Waals surface area contributed by atoms with Crippen molar-refractivity contribution >= 4 is 44.8 Å². The van der Waals surface area contributed by atoms with E-state index >= 15 is 0 Å². The zero-order valence-corrected chi connectivity index (χ0v) is 18.5. The van der Waals surface area contributed by atoms with Crippen molar-refractivity contribution < 1.29 is 14.3 Å². The Morgan fingerprint density at radius 3 is 2.34 bits per heavy atom. The molecular formula is C20H22N4O3S2. The van der Waals surface area contributed by atoms with Gasteiger partial charge in [0.1, 0.15) is 5.75 Å². The van der Waals surface area contributed by atoms with Crippen LogP contribution in [0.5, 0.6) is 5.75 Å². The zero-order chi connectivity index (χ0) is 21.2. The number of hydrogen-bond donors (Lipinski definition) is 2. The first-order valence-electron chi connectivity index (χ1n) is 8.87. The average molecular weight is 431 g/mol. The van der Waals surface area contributed by atoms with Gasteiger partial charge in [-0.2, -0.15) is 0 Å². The molecule has 0 saturated heterocycles. The lowest BCUT2D eigenvalue weighted by Crippen LogP contribution is -2.27. The summed E-state index contributed by atoms with van der Waals surface area (Å²) >= 11 is 2.70. The van der Waals surface area contributed by atoms with Crippen LogP contribution in [0.4, 0.5) is 10.3 Å². The molecule has 152 valence electrons. The van der Waals surface area contributed by atoms with Gasteiger partial charge < -0.3 is 10.1 Å². The Hall–Kier alpha value is -2.78. The lowest BCUT2D eigenvalue weighted by atomic mass is 9.96. The highest BCUT2D eigenvalue weighted by atomic mass is 32.1. The van der Waals surface area contributed by atoms with Crippen LogP contribution in [0.1, 0.15) is 36.8 Å². The van der Waals surface area contributed by atoms with Gasteiger partial charge >= 0.3 is 0 Å². The number of carbonyl (C=O) groups excluding carboxylic acids is 2. The van der Waals surface area contributed by atoms with Gasteiger partial charge in [-0.15, -0.1) is 11.3 Å². The second-order valence-electron chi connectivity index (χ2n) is 7.36. The number of nitrogens with one attached hydrogen (secondary N) is 2. The van der Waals surface area contributed by atoms with Crippen LogP contribution in [0, 0.1) is 12.3 Å². The van der Waals surface area contributed by atoms with E-state index in [1.165, 1.54) is 22.7 Å². The number of rotatable bonds is 5. The Morgan fingerprint density at radius 1 is 1.03 bits per heavy atom. The molecule has 0 spiro atoms. The summed E-state index contributed by atoms with van der Waals surface area (Å²) in [5.41, 5.74) is 1.50. The fourth-order valence-electron chi connectivity index (χ4n) is 2.32. The molecule has 0 aliphatic carbocycles. The van der Waals surface area contributed by atoms with Gasteiger partial charge in [-0.3, -0.25) is 14.9 Å². The number of anilines is 2. The van der Waals surface area contributed by atoms with E-state index in [4.69, 9.17) is 4.74 Å². The number of ether oxygens (including phenoxy) is 1. The summed E-state index contributed by atoms with van der Waals surface area (Å²) in [5.74, 6) is 0.350. The Kier molecular flexibility index (Phi) is 5.99. The van der Waals surface area contributed by atoms with Crippen LogP contribution in [0.2, 0.25) is 0 Å². The number of benzene rings is 1. The molecule has 3 aromatic rings. The molecule has 2 N–H and O–H groups in total. The molecule has 0 radical (unpaired) electrons. The van der Waals surface area contributed by atoms with Crippen molar-refractivity contribution in [3.63, 3.8) is 0 Å². The van der Waals surface area contributed by atoms with Crippen molar-refractivity contribution in [3.8, 4) is 16.3 Å². The standard InChI is InChI=1S/C20H22N4O3S2/c1-11-15(14-10-28-18(22-14)24-17(26)20(2,3)4)29-19(21-11)23-16(25)12-6-8-13(27-5)9-7-12/h6-10H,1-5H3,(H,21,23,25)(H,22,24,26). The first kappa shape index (κ1) is 20.9. The van der Waals surface area contributed by atoms with E-state index < -0.39 is 5.41 Å². The molecule has 9 heteroatoms. The number of thiazole rings is 2. The third kappa shape index (κ3) is 4.99. The molecule has 0 fully saturated rings. The van der Waals surface area contributed by atoms with E-state index in [2.05, 4.69) is 20.6 Å². The molecule has 29 heavy (non-hydrogen) atoms. The molecule has 7 nitrogen and oxygen atoms in total. The van der Waals surface area contributed by atoms with Crippen molar-refractivity contribution in [1.29, 1.82) is 0 Å². The summed E-state index contributed by atoms with van der Waals surface area (Å²) in [7, 11) is 1.58. The van der Waals surface area contributed by atoms with Gasteiger partial charge in [-0.25, -0.2) is 9.97 Å². The maximum Gasteiger partial charge on any atom is 0.257 e. The second kappa shape index (κ2) is 8.30. The summed E-state index contributed by atoms with van der Waals surface area (Å²) in [6.07, 6.45) is 0. The number of hydrogen-bond acceptors (Lipinski definition) is 7. The zero-order valence-electron chi connectivity index (χ0n) is 16.8. The topological polar surface area (TPSA) is 93.2 Å². The van der Waals surface area contributed by atoms with E-state index in [1.807, 2.05) is 33.1 Å².